The maximum atomic E-state index is 13.6. The second-order valence-corrected chi connectivity index (χ2v) is 8.47. The fourth-order valence-electron chi connectivity index (χ4n) is 3.83. The molecular weight excluding hydrogens is 459 g/mol. The van der Waals surface area contributed by atoms with E-state index in [2.05, 4.69) is 4.99 Å². The van der Waals surface area contributed by atoms with E-state index in [1.165, 1.54) is 35.1 Å². The molecule has 0 fully saturated rings. The predicted molar refractivity (Wildman–Crippen MR) is 126 cm³/mol. The maximum absolute atomic E-state index is 13.6. The van der Waals surface area contributed by atoms with Crippen LogP contribution in [0.25, 0.3) is 6.08 Å². The minimum Gasteiger partial charge on any atom is -0.497 e. The first-order valence-electron chi connectivity index (χ1n) is 10.5. The maximum Gasteiger partial charge on any atom is 0.338 e. The molecule has 0 spiro atoms. The van der Waals surface area contributed by atoms with Gasteiger partial charge in [-0.15, -0.1) is 0 Å². The summed E-state index contributed by atoms with van der Waals surface area (Å²) in [5.74, 6) is 0.190. The Labute approximate surface area is 199 Å². The highest BCUT2D eigenvalue weighted by Gasteiger charge is 2.33. The van der Waals surface area contributed by atoms with Crippen molar-refractivity contribution in [2.24, 2.45) is 4.99 Å². The fraction of sp³-hybridized carbons (Fsp3) is 0.240. The zero-order chi connectivity index (χ0) is 24.4. The first-order valence-corrected chi connectivity index (χ1v) is 11.4. The second kappa shape index (κ2) is 9.64. The number of carbonyl (C=O) groups is 1. The molecule has 176 valence electrons. The van der Waals surface area contributed by atoms with E-state index in [0.717, 1.165) is 0 Å². The molecule has 2 aromatic carbocycles. The molecule has 0 bridgehead atoms. The number of hydrogen-bond donors (Lipinski definition) is 0. The highest BCUT2D eigenvalue weighted by atomic mass is 32.1. The van der Waals surface area contributed by atoms with Crippen LogP contribution < -0.4 is 24.4 Å². The molecule has 0 saturated carbocycles. The number of hydrogen-bond acceptors (Lipinski definition) is 7. The van der Waals surface area contributed by atoms with Crippen LogP contribution in [0.2, 0.25) is 0 Å². The number of fused-ring (bicyclic) bond motifs is 1. The first-order chi connectivity index (χ1) is 16.4. The molecule has 3 aromatic rings. The smallest absolute Gasteiger partial charge is 0.338 e. The van der Waals surface area contributed by atoms with E-state index in [9.17, 15) is 14.0 Å². The zero-order valence-corrected chi connectivity index (χ0v) is 19.9. The second-order valence-electron chi connectivity index (χ2n) is 7.46. The number of esters is 1. The van der Waals surface area contributed by atoms with Crippen molar-refractivity contribution >= 4 is 23.4 Å². The van der Waals surface area contributed by atoms with E-state index in [-0.39, 0.29) is 17.7 Å². The van der Waals surface area contributed by atoms with Gasteiger partial charge in [0.05, 0.1) is 42.7 Å². The van der Waals surface area contributed by atoms with Gasteiger partial charge in [0.25, 0.3) is 5.56 Å². The van der Waals surface area contributed by atoms with Gasteiger partial charge in [-0.25, -0.2) is 14.2 Å². The lowest BCUT2D eigenvalue weighted by Gasteiger charge is -2.24. The van der Waals surface area contributed by atoms with Gasteiger partial charge >= 0.3 is 5.97 Å². The van der Waals surface area contributed by atoms with Crippen LogP contribution in [0.5, 0.6) is 11.5 Å². The Balaban J connectivity index is 1.94. The number of nitrogens with zero attached hydrogens (tertiary/aromatic N) is 2. The number of ether oxygens (including phenoxy) is 3. The van der Waals surface area contributed by atoms with Gasteiger partial charge in [-0.05, 0) is 49.8 Å². The van der Waals surface area contributed by atoms with Crippen LogP contribution in [0.15, 0.2) is 63.5 Å². The van der Waals surface area contributed by atoms with Crippen LogP contribution in [0.4, 0.5) is 4.39 Å². The fourth-order valence-corrected chi connectivity index (χ4v) is 4.87. The molecule has 0 radical (unpaired) electrons. The lowest BCUT2D eigenvalue weighted by atomic mass is 9.96. The topological polar surface area (TPSA) is 79.1 Å². The number of carbonyl (C=O) groups excluding carboxylic acids is 1. The van der Waals surface area contributed by atoms with Crippen molar-refractivity contribution in [3.05, 3.63) is 90.4 Å². The summed E-state index contributed by atoms with van der Waals surface area (Å²) in [6.07, 6.45) is 1.72. The minimum atomic E-state index is -0.796. The third-order valence-electron chi connectivity index (χ3n) is 5.43. The molecule has 1 aliphatic heterocycles. The summed E-state index contributed by atoms with van der Waals surface area (Å²) in [5.41, 5.74) is 1.63. The average molecular weight is 483 g/mol. The van der Waals surface area contributed by atoms with Crippen LogP contribution in [-0.2, 0) is 9.53 Å². The Hall–Kier alpha value is -3.72. The number of allylic oxidation sites excluding steroid dienone is 1. The number of thiazole rings is 1. The number of rotatable bonds is 6. The quantitative estimate of drug-likeness (QED) is 0.505. The summed E-state index contributed by atoms with van der Waals surface area (Å²) >= 11 is 1.20. The van der Waals surface area contributed by atoms with Crippen molar-refractivity contribution in [1.82, 2.24) is 4.57 Å². The predicted octanol–water partition coefficient (Wildman–Crippen LogP) is 2.95. The third kappa shape index (κ3) is 4.26. The van der Waals surface area contributed by atoms with Crippen LogP contribution in [0, 0.1) is 5.82 Å². The van der Waals surface area contributed by atoms with Crippen molar-refractivity contribution in [3.63, 3.8) is 0 Å². The van der Waals surface area contributed by atoms with E-state index in [0.29, 0.717) is 37.7 Å². The molecule has 0 amide bonds. The van der Waals surface area contributed by atoms with Crippen molar-refractivity contribution in [2.45, 2.75) is 19.9 Å². The molecule has 2 heterocycles. The molecule has 34 heavy (non-hydrogen) atoms. The van der Waals surface area contributed by atoms with Gasteiger partial charge in [-0.3, -0.25) is 9.36 Å². The van der Waals surface area contributed by atoms with Crippen LogP contribution in [0.1, 0.15) is 31.0 Å². The lowest BCUT2D eigenvalue weighted by molar-refractivity contribution is -0.139. The Kier molecular flexibility index (Phi) is 6.65. The van der Waals surface area contributed by atoms with Crippen molar-refractivity contribution in [1.29, 1.82) is 0 Å². The summed E-state index contributed by atoms with van der Waals surface area (Å²) in [7, 11) is 3.10. The Morgan fingerprint density at radius 3 is 2.56 bits per heavy atom. The van der Waals surface area contributed by atoms with Crippen LogP contribution in [0.3, 0.4) is 0 Å². The van der Waals surface area contributed by atoms with E-state index in [1.807, 2.05) is 0 Å². The Morgan fingerprint density at radius 1 is 1.18 bits per heavy atom. The first kappa shape index (κ1) is 23.4. The molecule has 0 unspecified atom stereocenters. The zero-order valence-electron chi connectivity index (χ0n) is 19.1. The van der Waals surface area contributed by atoms with E-state index in [4.69, 9.17) is 14.2 Å². The normalized spacial score (nSPS) is 15.6. The van der Waals surface area contributed by atoms with Crippen molar-refractivity contribution < 1.29 is 23.4 Å². The van der Waals surface area contributed by atoms with Gasteiger partial charge in [0, 0.05) is 11.6 Å². The monoisotopic (exact) mass is 482 g/mol. The molecule has 1 aliphatic rings. The molecule has 7 nitrogen and oxygen atoms in total. The molecule has 1 atom stereocenters. The van der Waals surface area contributed by atoms with Crippen molar-refractivity contribution in [2.75, 3.05) is 20.8 Å². The van der Waals surface area contributed by atoms with Gasteiger partial charge in [-0.1, -0.05) is 23.5 Å². The number of methoxy groups -OCH3 is 2. The van der Waals surface area contributed by atoms with Gasteiger partial charge < -0.3 is 14.2 Å². The number of benzene rings is 2. The Bertz CT molecular complexity index is 1450. The highest BCUT2D eigenvalue weighted by Crippen LogP contribution is 2.31. The van der Waals surface area contributed by atoms with Gasteiger partial charge in [0.2, 0.25) is 0 Å². The molecular formula is C25H23FN2O5S. The Morgan fingerprint density at radius 2 is 1.91 bits per heavy atom. The third-order valence-corrected chi connectivity index (χ3v) is 6.41. The molecule has 0 saturated heterocycles. The van der Waals surface area contributed by atoms with Crippen LogP contribution in [-0.4, -0.2) is 31.4 Å². The average Bonchev–Trinajstić information content (AvgIpc) is 3.13. The van der Waals surface area contributed by atoms with Gasteiger partial charge in [0.15, 0.2) is 4.80 Å². The number of aromatic nitrogens is 1. The molecule has 9 heteroatoms. The van der Waals surface area contributed by atoms with Gasteiger partial charge in [0.1, 0.15) is 17.3 Å². The van der Waals surface area contributed by atoms with Gasteiger partial charge in [-0.2, -0.15) is 0 Å². The minimum absolute atomic E-state index is 0.174. The standard InChI is InChI=1S/C25H23FN2O5S/c1-5-33-24(30)21-14(2)27-25-28(22(21)15-6-9-17(26)10-7-15)23(29)20(34-25)12-16-8-11-18(31-3)13-19(16)32-4/h6-13,22H,5H2,1-4H3/b20-12-/t22-/m0/s1. The summed E-state index contributed by atoms with van der Waals surface area (Å²) in [6, 6.07) is 10.2. The highest BCUT2D eigenvalue weighted by molar-refractivity contribution is 7.07. The molecule has 0 aliphatic carbocycles. The van der Waals surface area contributed by atoms with Crippen molar-refractivity contribution in [3.8, 4) is 11.5 Å². The van der Waals surface area contributed by atoms with E-state index in [1.54, 1.807) is 57.4 Å². The largest absolute Gasteiger partial charge is 0.497 e. The summed E-state index contributed by atoms with van der Waals surface area (Å²) in [4.78, 5) is 31.4. The molecule has 4 rings (SSSR count). The summed E-state index contributed by atoms with van der Waals surface area (Å²) < 4.78 is 31.5. The number of halogens is 1. The SMILES string of the molecule is CCOC(=O)C1=C(C)N=c2s/c(=C\c3ccc(OC)cc3OC)c(=O)n2[C@H]1c1ccc(F)cc1. The summed E-state index contributed by atoms with van der Waals surface area (Å²) in [5, 5.41) is 0. The molecule has 0 N–H and O–H groups in total. The van der Waals surface area contributed by atoms with E-state index < -0.39 is 17.8 Å². The molecule has 1 aromatic heterocycles. The summed E-state index contributed by atoms with van der Waals surface area (Å²) in [6.45, 7) is 3.58. The van der Waals surface area contributed by atoms with E-state index >= 15 is 0 Å². The lowest BCUT2D eigenvalue weighted by Crippen LogP contribution is -2.39. The van der Waals surface area contributed by atoms with Crippen LogP contribution >= 0.6 is 11.3 Å².